The highest BCUT2D eigenvalue weighted by Gasteiger charge is 2.57. The largest absolute Gasteiger partial charge is 0.479 e. The van der Waals surface area contributed by atoms with Gasteiger partial charge in [-0.1, -0.05) is 37.3 Å². The number of ketones is 1. The van der Waals surface area contributed by atoms with Crippen molar-refractivity contribution in [1.82, 2.24) is 5.06 Å². The first-order valence-corrected chi connectivity index (χ1v) is 8.86. The van der Waals surface area contributed by atoms with E-state index in [0.29, 0.717) is 6.42 Å². The highest BCUT2D eigenvalue weighted by Crippen LogP contribution is 2.26. The van der Waals surface area contributed by atoms with E-state index in [1.165, 1.54) is 24.3 Å². The molecule has 10 heteroatoms. The summed E-state index contributed by atoms with van der Waals surface area (Å²) in [5.74, 6) is -5.60. The smallest absolute Gasteiger partial charge is 0.341 e. The number of rotatable bonds is 9. The molecule has 1 atom stereocenters. The van der Waals surface area contributed by atoms with Gasteiger partial charge < -0.3 is 5.11 Å². The summed E-state index contributed by atoms with van der Waals surface area (Å²) in [4.78, 5) is 41.9. The molecule has 0 fully saturated rings. The number of hydrogen-bond acceptors (Lipinski definition) is 6. The normalized spacial score (nSPS) is 13.7. The number of benzene rings is 1. The number of carboxylic acid groups (broad SMARTS) is 1. The molecule has 0 unspecified atom stereocenters. The van der Waals surface area contributed by atoms with E-state index in [-0.39, 0.29) is 17.0 Å². The first-order chi connectivity index (χ1) is 11.6. The van der Waals surface area contributed by atoms with E-state index in [2.05, 4.69) is 0 Å². The first-order valence-electron chi connectivity index (χ1n) is 7.25. The SMILES string of the molecule is CCCC(=O)N(OC)[C@@](CS(=O)(=O)O)(C(=O)O)C(=O)c1ccccc1. The van der Waals surface area contributed by atoms with Crippen molar-refractivity contribution >= 4 is 27.8 Å². The Morgan fingerprint density at radius 3 is 2.16 bits per heavy atom. The van der Waals surface area contributed by atoms with Crippen LogP contribution in [0.4, 0.5) is 0 Å². The van der Waals surface area contributed by atoms with Gasteiger partial charge in [-0.2, -0.15) is 13.5 Å². The highest BCUT2D eigenvalue weighted by atomic mass is 32.2. The van der Waals surface area contributed by atoms with Crippen LogP contribution in [-0.4, -0.2) is 59.2 Å². The van der Waals surface area contributed by atoms with Crippen molar-refractivity contribution in [1.29, 1.82) is 0 Å². The number of hydroxylamine groups is 2. The van der Waals surface area contributed by atoms with Crippen LogP contribution in [0.1, 0.15) is 30.1 Å². The molecular weight excluding hydrogens is 354 g/mol. The molecule has 9 nitrogen and oxygen atoms in total. The molecule has 1 rings (SSSR count). The van der Waals surface area contributed by atoms with Crippen molar-refractivity contribution in [2.45, 2.75) is 25.3 Å². The van der Waals surface area contributed by atoms with Crippen LogP contribution in [0, 0.1) is 0 Å². The quantitative estimate of drug-likeness (QED) is 0.280. The van der Waals surface area contributed by atoms with E-state index in [1.807, 2.05) is 0 Å². The minimum absolute atomic E-state index is 0.153. The van der Waals surface area contributed by atoms with Crippen molar-refractivity contribution in [2.75, 3.05) is 12.9 Å². The summed E-state index contributed by atoms with van der Waals surface area (Å²) in [6.45, 7) is 1.63. The van der Waals surface area contributed by atoms with Crippen LogP contribution in [0.25, 0.3) is 0 Å². The molecule has 0 aliphatic carbocycles. The van der Waals surface area contributed by atoms with Gasteiger partial charge in [0.05, 0.1) is 7.11 Å². The van der Waals surface area contributed by atoms with Gasteiger partial charge in [0, 0.05) is 12.0 Å². The fourth-order valence-electron chi connectivity index (χ4n) is 2.34. The van der Waals surface area contributed by atoms with Gasteiger partial charge in [-0.15, -0.1) is 0 Å². The van der Waals surface area contributed by atoms with Gasteiger partial charge in [0.15, 0.2) is 0 Å². The number of amides is 1. The van der Waals surface area contributed by atoms with Crippen LogP contribution >= 0.6 is 0 Å². The first kappa shape index (κ1) is 20.7. The van der Waals surface area contributed by atoms with E-state index in [1.54, 1.807) is 13.0 Å². The zero-order valence-corrected chi connectivity index (χ0v) is 14.5. The molecule has 0 bridgehead atoms. The predicted octanol–water partition coefficient (Wildman–Crippen LogP) is 0.771. The standard InChI is InChI=1S/C15H19NO8S/c1-3-7-12(17)16(24-2)15(14(19)20,10-25(21,22)23)13(18)11-8-5-4-6-9-11/h4-6,8-9H,3,7,10H2,1-2H3,(H,19,20)(H,21,22,23)/t15-/m1/s1. The molecule has 0 saturated carbocycles. The molecule has 138 valence electrons. The van der Waals surface area contributed by atoms with Crippen LogP contribution in [0.3, 0.4) is 0 Å². The van der Waals surface area contributed by atoms with Gasteiger partial charge >= 0.3 is 5.97 Å². The molecule has 0 spiro atoms. The Morgan fingerprint density at radius 2 is 1.76 bits per heavy atom. The zero-order valence-electron chi connectivity index (χ0n) is 13.7. The Bertz CT molecular complexity index is 746. The summed E-state index contributed by atoms with van der Waals surface area (Å²) in [5, 5.41) is 9.88. The minimum atomic E-state index is -4.96. The Kier molecular flexibility index (Phi) is 6.79. The summed E-state index contributed by atoms with van der Waals surface area (Å²) in [5.41, 5.74) is -3.12. The maximum absolute atomic E-state index is 12.9. The van der Waals surface area contributed by atoms with Crippen LogP contribution in [0.5, 0.6) is 0 Å². The zero-order chi connectivity index (χ0) is 19.3. The topological polar surface area (TPSA) is 138 Å². The third-order valence-electron chi connectivity index (χ3n) is 3.38. The van der Waals surface area contributed by atoms with Crippen molar-refractivity contribution in [3.05, 3.63) is 35.9 Å². The summed E-state index contributed by atoms with van der Waals surface area (Å²) in [6.07, 6.45) is 0.121. The molecule has 0 radical (unpaired) electrons. The summed E-state index contributed by atoms with van der Waals surface area (Å²) in [7, 11) is -4.02. The van der Waals surface area contributed by atoms with Crippen molar-refractivity contribution in [3.63, 3.8) is 0 Å². The lowest BCUT2D eigenvalue weighted by Crippen LogP contribution is -2.65. The maximum atomic E-state index is 12.9. The lowest BCUT2D eigenvalue weighted by atomic mass is 9.90. The van der Waals surface area contributed by atoms with E-state index in [9.17, 15) is 32.5 Å². The fraction of sp³-hybridized carbons (Fsp3) is 0.400. The molecule has 1 aromatic rings. The van der Waals surface area contributed by atoms with E-state index in [0.717, 1.165) is 7.11 Å². The molecule has 2 N–H and O–H groups in total. The highest BCUT2D eigenvalue weighted by molar-refractivity contribution is 7.85. The average Bonchev–Trinajstić information content (AvgIpc) is 2.53. The number of hydrogen-bond donors (Lipinski definition) is 2. The lowest BCUT2D eigenvalue weighted by molar-refractivity contribution is -0.206. The number of carboxylic acids is 1. The molecule has 1 amide bonds. The number of carbonyl (C=O) groups excluding carboxylic acids is 2. The number of aliphatic carboxylic acids is 1. The second kappa shape index (κ2) is 8.19. The summed E-state index contributed by atoms with van der Waals surface area (Å²) < 4.78 is 32.1. The molecular formula is C15H19NO8S. The predicted molar refractivity (Wildman–Crippen MR) is 86.3 cm³/mol. The van der Waals surface area contributed by atoms with Crippen LogP contribution < -0.4 is 0 Å². The molecule has 1 aromatic carbocycles. The Hall–Kier alpha value is -2.30. The van der Waals surface area contributed by atoms with Gasteiger partial charge in [-0.05, 0) is 6.42 Å². The van der Waals surface area contributed by atoms with Gasteiger partial charge in [0.1, 0.15) is 5.75 Å². The monoisotopic (exact) mass is 373 g/mol. The molecule has 25 heavy (non-hydrogen) atoms. The Labute approximate surface area is 144 Å². The van der Waals surface area contributed by atoms with Gasteiger partial charge in [-0.25, -0.2) is 4.79 Å². The van der Waals surface area contributed by atoms with Crippen molar-refractivity contribution < 1.29 is 37.3 Å². The van der Waals surface area contributed by atoms with Gasteiger partial charge in [0.2, 0.25) is 17.2 Å². The fourth-order valence-corrected chi connectivity index (χ4v) is 3.24. The second-order valence-corrected chi connectivity index (χ2v) is 6.66. The lowest BCUT2D eigenvalue weighted by Gasteiger charge is -2.36. The summed E-state index contributed by atoms with van der Waals surface area (Å²) >= 11 is 0. The maximum Gasteiger partial charge on any atom is 0.341 e. The number of nitrogens with zero attached hydrogens (tertiary/aromatic N) is 1. The van der Waals surface area contributed by atoms with Crippen LogP contribution in [-0.2, 0) is 24.5 Å². The minimum Gasteiger partial charge on any atom is -0.479 e. The molecule has 0 aliphatic heterocycles. The molecule has 0 aliphatic rings. The third-order valence-corrected chi connectivity index (χ3v) is 4.16. The molecule has 0 aromatic heterocycles. The average molecular weight is 373 g/mol. The molecule has 0 heterocycles. The van der Waals surface area contributed by atoms with Gasteiger partial charge in [0.25, 0.3) is 10.1 Å². The number of carbonyl (C=O) groups is 3. The van der Waals surface area contributed by atoms with Gasteiger partial charge in [-0.3, -0.25) is 19.0 Å². The van der Waals surface area contributed by atoms with Crippen LogP contribution in [0.2, 0.25) is 0 Å². The van der Waals surface area contributed by atoms with Crippen molar-refractivity contribution in [3.8, 4) is 0 Å². The number of Topliss-reactive ketones (excluding diaryl/α,β-unsaturated/α-hetero) is 1. The van der Waals surface area contributed by atoms with E-state index < -0.39 is 39.1 Å². The second-order valence-electron chi connectivity index (χ2n) is 5.21. The Balaban J connectivity index is 3.65. The van der Waals surface area contributed by atoms with Crippen molar-refractivity contribution in [2.24, 2.45) is 0 Å². The molecule has 0 saturated heterocycles. The Morgan fingerprint density at radius 1 is 1.20 bits per heavy atom. The third kappa shape index (κ3) is 4.62. The van der Waals surface area contributed by atoms with E-state index in [4.69, 9.17) is 4.84 Å². The van der Waals surface area contributed by atoms with Crippen LogP contribution in [0.15, 0.2) is 30.3 Å². The summed E-state index contributed by atoms with van der Waals surface area (Å²) in [6, 6.07) is 6.99. The van der Waals surface area contributed by atoms with E-state index >= 15 is 0 Å².